The number of hydrogen-bond donors (Lipinski definition) is 2. The molecule has 2 N–H and O–H groups in total. The summed E-state index contributed by atoms with van der Waals surface area (Å²) in [5, 5.41) is 5.79. The van der Waals surface area contributed by atoms with E-state index in [0.29, 0.717) is 19.5 Å². The van der Waals surface area contributed by atoms with E-state index in [4.69, 9.17) is 0 Å². The van der Waals surface area contributed by atoms with Gasteiger partial charge in [-0.1, -0.05) is 0 Å². The van der Waals surface area contributed by atoms with Crippen molar-refractivity contribution in [3.05, 3.63) is 0 Å². The number of imide groups is 1. The largest absolute Gasteiger partial charge is 0.339 e. The van der Waals surface area contributed by atoms with E-state index in [2.05, 4.69) is 10.6 Å². The molecule has 0 aromatic rings. The van der Waals surface area contributed by atoms with E-state index in [1.807, 2.05) is 6.26 Å². The molecular formula is C12H20N4O3S. The molecule has 2 saturated heterocycles. The highest BCUT2D eigenvalue weighted by Gasteiger charge is 2.39. The van der Waals surface area contributed by atoms with Gasteiger partial charge in [0, 0.05) is 26.2 Å². The van der Waals surface area contributed by atoms with Crippen molar-refractivity contribution in [2.24, 2.45) is 0 Å². The number of nitrogens with one attached hydrogen (secondary N) is 2. The number of carbonyl (C=O) groups excluding carboxylic acids is 3. The first-order chi connectivity index (χ1) is 9.63. The van der Waals surface area contributed by atoms with Gasteiger partial charge in [0.2, 0.25) is 5.91 Å². The van der Waals surface area contributed by atoms with E-state index < -0.39 is 12.1 Å². The summed E-state index contributed by atoms with van der Waals surface area (Å²) < 4.78 is 0. The van der Waals surface area contributed by atoms with Crippen LogP contribution in [-0.4, -0.2) is 78.4 Å². The van der Waals surface area contributed by atoms with Gasteiger partial charge in [-0.2, -0.15) is 11.8 Å². The first kappa shape index (κ1) is 15.1. The Balaban J connectivity index is 1.89. The maximum atomic E-state index is 12.1. The van der Waals surface area contributed by atoms with Crippen LogP contribution in [0.3, 0.4) is 0 Å². The molecule has 0 radical (unpaired) electrons. The molecule has 0 bridgehead atoms. The lowest BCUT2D eigenvalue weighted by Gasteiger charge is -2.28. The van der Waals surface area contributed by atoms with Crippen molar-refractivity contribution in [1.29, 1.82) is 0 Å². The molecule has 2 rings (SSSR count). The monoisotopic (exact) mass is 300 g/mol. The molecule has 20 heavy (non-hydrogen) atoms. The maximum Gasteiger partial charge on any atom is 0.325 e. The average molecular weight is 300 g/mol. The fraction of sp³-hybridized carbons (Fsp3) is 0.750. The normalized spacial score (nSPS) is 23.1. The summed E-state index contributed by atoms with van der Waals surface area (Å²) in [5.41, 5.74) is 0. The fourth-order valence-electron chi connectivity index (χ4n) is 2.31. The van der Waals surface area contributed by atoms with E-state index in [1.54, 1.807) is 16.7 Å². The van der Waals surface area contributed by atoms with Gasteiger partial charge >= 0.3 is 6.03 Å². The second-order valence-corrected chi connectivity index (χ2v) is 5.82. The van der Waals surface area contributed by atoms with Crippen LogP contribution in [0.4, 0.5) is 4.79 Å². The Kier molecular flexibility index (Phi) is 5.24. The number of amides is 4. The molecule has 0 aromatic heterocycles. The molecule has 7 nitrogen and oxygen atoms in total. The molecule has 2 aliphatic rings. The van der Waals surface area contributed by atoms with E-state index in [-0.39, 0.29) is 18.4 Å². The van der Waals surface area contributed by atoms with E-state index >= 15 is 0 Å². The zero-order chi connectivity index (χ0) is 14.5. The Morgan fingerprint density at radius 3 is 2.70 bits per heavy atom. The summed E-state index contributed by atoms with van der Waals surface area (Å²) in [7, 11) is 0. The lowest BCUT2D eigenvalue weighted by Crippen LogP contribution is -2.50. The van der Waals surface area contributed by atoms with Crippen molar-refractivity contribution in [3.63, 3.8) is 0 Å². The molecular weight excluding hydrogens is 280 g/mol. The highest BCUT2D eigenvalue weighted by atomic mass is 32.2. The number of hydrogen-bond acceptors (Lipinski definition) is 5. The van der Waals surface area contributed by atoms with Crippen molar-refractivity contribution in [2.75, 3.05) is 44.7 Å². The molecule has 0 aromatic carbocycles. The molecule has 2 heterocycles. The number of carbonyl (C=O) groups is 3. The number of thioether (sulfide) groups is 1. The van der Waals surface area contributed by atoms with Crippen LogP contribution in [0.5, 0.6) is 0 Å². The van der Waals surface area contributed by atoms with Gasteiger partial charge in [0.05, 0.1) is 0 Å². The number of rotatable bonds is 5. The summed E-state index contributed by atoms with van der Waals surface area (Å²) in [6.07, 6.45) is 2.55. The third-order valence-electron chi connectivity index (χ3n) is 3.48. The molecule has 2 fully saturated rings. The van der Waals surface area contributed by atoms with Crippen molar-refractivity contribution in [3.8, 4) is 0 Å². The van der Waals surface area contributed by atoms with Crippen LogP contribution in [0.15, 0.2) is 0 Å². The van der Waals surface area contributed by atoms with Gasteiger partial charge in [-0.05, 0) is 18.4 Å². The van der Waals surface area contributed by atoms with E-state index in [9.17, 15) is 14.4 Å². The summed E-state index contributed by atoms with van der Waals surface area (Å²) in [4.78, 5) is 38.7. The molecule has 0 spiro atoms. The Morgan fingerprint density at radius 2 is 2.05 bits per heavy atom. The zero-order valence-electron chi connectivity index (χ0n) is 11.6. The quantitative estimate of drug-likeness (QED) is 0.643. The van der Waals surface area contributed by atoms with Gasteiger partial charge in [0.15, 0.2) is 0 Å². The van der Waals surface area contributed by atoms with Gasteiger partial charge in [-0.15, -0.1) is 0 Å². The average Bonchev–Trinajstić information content (AvgIpc) is 2.73. The van der Waals surface area contributed by atoms with Crippen LogP contribution < -0.4 is 10.6 Å². The van der Waals surface area contributed by atoms with Crippen molar-refractivity contribution < 1.29 is 14.4 Å². The van der Waals surface area contributed by atoms with Crippen molar-refractivity contribution in [2.45, 2.75) is 12.5 Å². The van der Waals surface area contributed by atoms with Crippen LogP contribution in [0.25, 0.3) is 0 Å². The smallest absolute Gasteiger partial charge is 0.325 e. The predicted molar refractivity (Wildman–Crippen MR) is 76.5 cm³/mol. The molecule has 1 atom stereocenters. The Morgan fingerprint density at radius 1 is 1.35 bits per heavy atom. The third-order valence-corrected chi connectivity index (χ3v) is 4.12. The zero-order valence-corrected chi connectivity index (χ0v) is 12.4. The Bertz CT molecular complexity index is 398. The second-order valence-electron chi connectivity index (χ2n) is 4.84. The number of nitrogens with zero attached hydrogens (tertiary/aromatic N) is 2. The summed E-state index contributed by atoms with van der Waals surface area (Å²) in [6.45, 7) is 2.60. The number of urea groups is 1. The molecule has 112 valence electrons. The predicted octanol–water partition coefficient (Wildman–Crippen LogP) is -0.908. The SMILES string of the molecule is CSCCC1NC(=O)N(CC(=O)N2CCNCC2)C1=O. The summed E-state index contributed by atoms with van der Waals surface area (Å²) >= 11 is 1.63. The highest BCUT2D eigenvalue weighted by Crippen LogP contribution is 2.12. The maximum absolute atomic E-state index is 12.1. The highest BCUT2D eigenvalue weighted by molar-refractivity contribution is 7.98. The minimum atomic E-state index is -0.481. The summed E-state index contributed by atoms with van der Waals surface area (Å²) in [6, 6.07) is -0.935. The van der Waals surface area contributed by atoms with Gasteiger partial charge in [-0.25, -0.2) is 4.79 Å². The molecule has 2 aliphatic heterocycles. The minimum Gasteiger partial charge on any atom is -0.339 e. The molecule has 1 unspecified atom stereocenters. The van der Waals surface area contributed by atoms with Crippen LogP contribution in [0, 0.1) is 0 Å². The Hall–Kier alpha value is -1.28. The molecule has 4 amide bonds. The fourth-order valence-corrected chi connectivity index (χ4v) is 2.78. The molecule has 0 aliphatic carbocycles. The summed E-state index contributed by atoms with van der Waals surface area (Å²) in [5.74, 6) is 0.351. The molecule has 8 heteroatoms. The standard InChI is InChI=1S/C12H20N4O3S/c1-20-7-2-9-11(18)16(12(19)14-9)8-10(17)15-5-3-13-4-6-15/h9,13H,2-8H2,1H3,(H,14,19). The number of piperazine rings is 1. The lowest BCUT2D eigenvalue weighted by molar-refractivity contribution is -0.137. The minimum absolute atomic E-state index is 0.152. The Labute approximate surface area is 122 Å². The van der Waals surface area contributed by atoms with Gasteiger partial charge in [-0.3, -0.25) is 14.5 Å². The van der Waals surface area contributed by atoms with Crippen molar-refractivity contribution >= 4 is 29.6 Å². The van der Waals surface area contributed by atoms with Gasteiger partial charge in [0.25, 0.3) is 5.91 Å². The van der Waals surface area contributed by atoms with Gasteiger partial charge in [0.1, 0.15) is 12.6 Å². The molecule has 0 saturated carbocycles. The van der Waals surface area contributed by atoms with Crippen molar-refractivity contribution in [1.82, 2.24) is 20.4 Å². The van der Waals surface area contributed by atoms with E-state index in [1.165, 1.54) is 0 Å². The topological polar surface area (TPSA) is 81.8 Å². The first-order valence-corrected chi connectivity index (χ1v) is 8.12. The van der Waals surface area contributed by atoms with Gasteiger partial charge < -0.3 is 15.5 Å². The van der Waals surface area contributed by atoms with Crippen LogP contribution in [-0.2, 0) is 9.59 Å². The van der Waals surface area contributed by atoms with Crippen LogP contribution in [0.1, 0.15) is 6.42 Å². The van der Waals surface area contributed by atoms with Crippen LogP contribution >= 0.6 is 11.8 Å². The second kappa shape index (κ2) is 6.94. The lowest BCUT2D eigenvalue weighted by atomic mass is 10.2. The third kappa shape index (κ3) is 3.43. The van der Waals surface area contributed by atoms with Crippen LogP contribution in [0.2, 0.25) is 0 Å². The first-order valence-electron chi connectivity index (χ1n) is 6.73. The van der Waals surface area contributed by atoms with E-state index in [0.717, 1.165) is 23.7 Å².